The lowest BCUT2D eigenvalue weighted by molar-refractivity contribution is -0.274. The first-order chi connectivity index (χ1) is 15.2. The predicted octanol–water partition coefficient (Wildman–Crippen LogP) is 5.52. The van der Waals surface area contributed by atoms with E-state index < -0.39 is 18.4 Å². The summed E-state index contributed by atoms with van der Waals surface area (Å²) in [7, 11) is 0. The van der Waals surface area contributed by atoms with Gasteiger partial charge >= 0.3 is 18.4 Å². The summed E-state index contributed by atoms with van der Waals surface area (Å²) in [6.07, 6.45) is -0.116. The molecular formula is C22H21F3N2O5. The number of halogens is 3. The fraction of sp³-hybridized carbons (Fsp3) is 0.318. The van der Waals surface area contributed by atoms with E-state index in [0.717, 1.165) is 37.8 Å². The molecule has 170 valence electrons. The Balaban J connectivity index is 1.41. The zero-order valence-electron chi connectivity index (χ0n) is 16.8. The Morgan fingerprint density at radius 3 is 2.12 bits per heavy atom. The van der Waals surface area contributed by atoms with E-state index in [0.29, 0.717) is 11.4 Å². The Bertz CT molecular complexity index is 951. The number of carbonyl (C=O) groups is 2. The van der Waals surface area contributed by atoms with Gasteiger partial charge in [-0.2, -0.15) is 0 Å². The van der Waals surface area contributed by atoms with Crippen molar-refractivity contribution >= 4 is 23.9 Å². The summed E-state index contributed by atoms with van der Waals surface area (Å²) in [6.45, 7) is 0. The molecule has 0 spiro atoms. The highest BCUT2D eigenvalue weighted by atomic mass is 19.4. The third-order valence-corrected chi connectivity index (χ3v) is 4.86. The number of carbonyl (C=O) groups excluding carboxylic acids is 1. The standard InChI is InChI=1S/C22H21F3N2O5/c23-22(24,25)32-19-11-5-16(6-12-19)27-21(30)26-13-14-1-7-17(8-2-14)31-18-9-3-15(4-10-18)20(28)29/h3-6,9-14,17H,1-2,7-8H2,(H,27,30)(H,28,29)/b26-13+. The molecule has 0 saturated heterocycles. The number of alkyl halides is 3. The molecule has 3 rings (SSSR count). The molecule has 0 atom stereocenters. The zero-order chi connectivity index (χ0) is 23.1. The smallest absolute Gasteiger partial charge is 0.490 e. The molecular weight excluding hydrogens is 429 g/mol. The monoisotopic (exact) mass is 450 g/mol. The van der Waals surface area contributed by atoms with Crippen LogP contribution in [0.5, 0.6) is 11.5 Å². The lowest BCUT2D eigenvalue weighted by atomic mass is 9.88. The van der Waals surface area contributed by atoms with Gasteiger partial charge in [0.15, 0.2) is 0 Å². The van der Waals surface area contributed by atoms with Crippen LogP contribution < -0.4 is 14.8 Å². The largest absolute Gasteiger partial charge is 0.573 e. The van der Waals surface area contributed by atoms with Crippen LogP contribution in [0.3, 0.4) is 0 Å². The van der Waals surface area contributed by atoms with Crippen molar-refractivity contribution < 1.29 is 37.3 Å². The van der Waals surface area contributed by atoms with Gasteiger partial charge in [-0.3, -0.25) is 0 Å². The Kier molecular flexibility index (Phi) is 7.34. The second-order valence-corrected chi connectivity index (χ2v) is 7.26. The molecule has 0 bridgehead atoms. The van der Waals surface area contributed by atoms with Crippen LogP contribution in [0.25, 0.3) is 0 Å². The van der Waals surface area contributed by atoms with Crippen molar-refractivity contribution in [2.75, 3.05) is 5.32 Å². The van der Waals surface area contributed by atoms with Gasteiger partial charge in [0.25, 0.3) is 0 Å². The van der Waals surface area contributed by atoms with Crippen molar-refractivity contribution in [1.82, 2.24) is 0 Å². The third kappa shape index (κ3) is 7.29. The molecule has 2 aromatic rings. The van der Waals surface area contributed by atoms with E-state index in [1.165, 1.54) is 24.3 Å². The maximum absolute atomic E-state index is 12.2. The Hall–Kier alpha value is -3.56. The molecule has 0 aliphatic heterocycles. The van der Waals surface area contributed by atoms with Crippen LogP contribution >= 0.6 is 0 Å². The highest BCUT2D eigenvalue weighted by Gasteiger charge is 2.31. The molecule has 1 saturated carbocycles. The quantitative estimate of drug-likeness (QED) is 0.565. The molecule has 7 nitrogen and oxygen atoms in total. The molecule has 1 aliphatic carbocycles. The molecule has 0 unspecified atom stereocenters. The first kappa shape index (κ1) is 23.1. The van der Waals surface area contributed by atoms with Crippen molar-refractivity contribution in [3.05, 3.63) is 54.1 Å². The van der Waals surface area contributed by atoms with Crippen LogP contribution in [0.15, 0.2) is 53.5 Å². The minimum Gasteiger partial charge on any atom is -0.490 e. The third-order valence-electron chi connectivity index (χ3n) is 4.86. The number of nitrogens with zero attached hydrogens (tertiary/aromatic N) is 1. The topological polar surface area (TPSA) is 97.2 Å². The number of urea groups is 1. The minimum absolute atomic E-state index is 0.00147. The fourth-order valence-corrected chi connectivity index (χ4v) is 3.29. The maximum Gasteiger partial charge on any atom is 0.573 e. The lowest BCUT2D eigenvalue weighted by Gasteiger charge is -2.27. The molecule has 1 fully saturated rings. The van der Waals surface area contributed by atoms with E-state index in [9.17, 15) is 22.8 Å². The highest BCUT2D eigenvalue weighted by Crippen LogP contribution is 2.27. The number of aliphatic imine (C=N–C) groups is 1. The maximum atomic E-state index is 12.2. The van der Waals surface area contributed by atoms with Gasteiger partial charge in [0, 0.05) is 11.9 Å². The number of ether oxygens (including phenoxy) is 2. The number of hydrogen-bond acceptors (Lipinski definition) is 4. The van der Waals surface area contributed by atoms with Crippen molar-refractivity contribution in [3.63, 3.8) is 0 Å². The van der Waals surface area contributed by atoms with Gasteiger partial charge in [-0.05, 0) is 80.1 Å². The van der Waals surface area contributed by atoms with E-state index in [1.54, 1.807) is 18.3 Å². The molecule has 2 amide bonds. The molecule has 1 aliphatic rings. The number of rotatable bonds is 6. The van der Waals surface area contributed by atoms with Gasteiger partial charge < -0.3 is 19.9 Å². The number of nitrogens with one attached hydrogen (secondary N) is 1. The number of aromatic carboxylic acids is 1. The van der Waals surface area contributed by atoms with Crippen LogP contribution in [0.1, 0.15) is 36.0 Å². The Morgan fingerprint density at radius 1 is 0.969 bits per heavy atom. The second kappa shape index (κ2) is 10.2. The first-order valence-electron chi connectivity index (χ1n) is 9.89. The zero-order valence-corrected chi connectivity index (χ0v) is 16.8. The van der Waals surface area contributed by atoms with Gasteiger partial charge in [0.1, 0.15) is 11.5 Å². The van der Waals surface area contributed by atoms with Gasteiger partial charge in [0.05, 0.1) is 11.7 Å². The summed E-state index contributed by atoms with van der Waals surface area (Å²) >= 11 is 0. The van der Waals surface area contributed by atoms with Crippen LogP contribution in [0.4, 0.5) is 23.7 Å². The van der Waals surface area contributed by atoms with Gasteiger partial charge in [-0.15, -0.1) is 13.2 Å². The Morgan fingerprint density at radius 2 is 1.56 bits per heavy atom. The number of carboxylic acids is 1. The van der Waals surface area contributed by atoms with E-state index in [2.05, 4.69) is 15.0 Å². The SMILES string of the molecule is O=C(/N=C/C1CCC(Oc2ccc(C(=O)O)cc2)CC1)Nc1ccc(OC(F)(F)F)cc1. The van der Waals surface area contributed by atoms with Crippen molar-refractivity contribution in [2.45, 2.75) is 38.1 Å². The van der Waals surface area contributed by atoms with E-state index in [4.69, 9.17) is 9.84 Å². The number of anilines is 1. The predicted molar refractivity (Wildman–Crippen MR) is 110 cm³/mol. The molecule has 2 N–H and O–H groups in total. The van der Waals surface area contributed by atoms with E-state index in [-0.39, 0.29) is 23.3 Å². The molecule has 2 aromatic carbocycles. The average molecular weight is 450 g/mol. The number of hydrogen-bond donors (Lipinski definition) is 2. The number of carboxylic acid groups (broad SMARTS) is 1. The van der Waals surface area contributed by atoms with Crippen molar-refractivity contribution in [2.24, 2.45) is 10.9 Å². The molecule has 0 radical (unpaired) electrons. The van der Waals surface area contributed by atoms with Gasteiger partial charge in [-0.25, -0.2) is 14.6 Å². The molecule has 32 heavy (non-hydrogen) atoms. The summed E-state index contributed by atoms with van der Waals surface area (Å²) in [5.41, 5.74) is 0.494. The van der Waals surface area contributed by atoms with Crippen molar-refractivity contribution in [1.29, 1.82) is 0 Å². The van der Waals surface area contributed by atoms with Crippen molar-refractivity contribution in [3.8, 4) is 11.5 Å². The van der Waals surface area contributed by atoms with Gasteiger partial charge in [0.2, 0.25) is 0 Å². The van der Waals surface area contributed by atoms with E-state index in [1.807, 2.05) is 0 Å². The van der Waals surface area contributed by atoms with E-state index >= 15 is 0 Å². The van der Waals surface area contributed by atoms with Crippen LogP contribution in [0.2, 0.25) is 0 Å². The number of amides is 2. The van der Waals surface area contributed by atoms with Gasteiger partial charge in [-0.1, -0.05) is 0 Å². The minimum atomic E-state index is -4.77. The normalized spacial score (nSPS) is 18.8. The highest BCUT2D eigenvalue weighted by molar-refractivity contribution is 5.94. The molecule has 0 aromatic heterocycles. The fourth-order valence-electron chi connectivity index (χ4n) is 3.29. The second-order valence-electron chi connectivity index (χ2n) is 7.26. The lowest BCUT2D eigenvalue weighted by Crippen LogP contribution is -2.25. The molecule has 0 heterocycles. The average Bonchev–Trinajstić information content (AvgIpc) is 2.74. The summed E-state index contributed by atoms with van der Waals surface area (Å²) < 4.78 is 46.2. The summed E-state index contributed by atoms with van der Waals surface area (Å²) in [5.74, 6) is -0.653. The molecule has 10 heteroatoms. The van der Waals surface area contributed by atoms with Crippen LogP contribution in [-0.4, -0.2) is 35.8 Å². The Labute approximate surface area is 181 Å². The van der Waals surface area contributed by atoms with Crippen LogP contribution in [0, 0.1) is 5.92 Å². The first-order valence-corrected chi connectivity index (χ1v) is 9.89. The summed E-state index contributed by atoms with van der Waals surface area (Å²) in [5, 5.41) is 11.4. The van der Waals surface area contributed by atoms with Crippen LogP contribution in [-0.2, 0) is 0 Å². The summed E-state index contributed by atoms with van der Waals surface area (Å²) in [4.78, 5) is 26.7. The number of benzene rings is 2. The summed E-state index contributed by atoms with van der Waals surface area (Å²) in [6, 6.07) is 10.4.